The van der Waals surface area contributed by atoms with Crippen LogP contribution in [-0.4, -0.2) is 4.98 Å². The van der Waals surface area contributed by atoms with E-state index in [-0.39, 0.29) is 5.56 Å². The maximum atomic E-state index is 13.5. The molecule has 3 aromatic rings. The van der Waals surface area contributed by atoms with Gasteiger partial charge in [0.2, 0.25) is 0 Å². The van der Waals surface area contributed by atoms with E-state index in [1.54, 1.807) is 11.3 Å². The Kier molecular flexibility index (Phi) is 4.22. The number of thioether (sulfide) groups is 1. The van der Waals surface area contributed by atoms with Crippen molar-refractivity contribution in [2.24, 2.45) is 0 Å². The Hall–Kier alpha value is -1.46. The van der Waals surface area contributed by atoms with Crippen LogP contribution in [0.5, 0.6) is 0 Å². The third-order valence-corrected chi connectivity index (χ3v) is 5.31. The van der Waals surface area contributed by atoms with Gasteiger partial charge in [0.05, 0.1) is 10.2 Å². The van der Waals surface area contributed by atoms with Crippen molar-refractivity contribution >= 4 is 33.3 Å². The van der Waals surface area contributed by atoms with Crippen LogP contribution in [0.25, 0.3) is 10.2 Å². The second kappa shape index (κ2) is 6.12. The summed E-state index contributed by atoms with van der Waals surface area (Å²) in [5.41, 5.74) is 2.31. The number of benzene rings is 2. The van der Waals surface area contributed by atoms with E-state index in [9.17, 15) is 8.78 Å². The number of fused-ring (bicyclic) bond motifs is 1. The van der Waals surface area contributed by atoms with Crippen LogP contribution >= 0.6 is 23.1 Å². The van der Waals surface area contributed by atoms with E-state index in [0.29, 0.717) is 11.5 Å². The van der Waals surface area contributed by atoms with Gasteiger partial charge in [-0.3, -0.25) is 0 Å². The number of rotatable bonds is 4. The van der Waals surface area contributed by atoms with Crippen LogP contribution < -0.4 is 0 Å². The molecule has 108 valence electrons. The number of aryl methyl sites for hydroxylation is 1. The van der Waals surface area contributed by atoms with Crippen molar-refractivity contribution in [1.29, 1.82) is 0 Å². The van der Waals surface area contributed by atoms with Crippen LogP contribution in [0, 0.1) is 18.6 Å². The summed E-state index contributed by atoms with van der Waals surface area (Å²) in [7, 11) is 0. The third kappa shape index (κ3) is 3.24. The maximum Gasteiger partial charge on any atom is 0.130 e. The van der Waals surface area contributed by atoms with Crippen molar-refractivity contribution in [2.45, 2.75) is 18.4 Å². The van der Waals surface area contributed by atoms with E-state index in [1.165, 1.54) is 35.5 Å². The average molecular weight is 321 g/mol. The molecule has 0 bridgehead atoms. The monoisotopic (exact) mass is 321 g/mol. The Bertz CT molecular complexity index is 763. The van der Waals surface area contributed by atoms with Crippen molar-refractivity contribution < 1.29 is 8.78 Å². The third-order valence-electron chi connectivity index (χ3n) is 3.12. The molecule has 3 rings (SSSR count). The lowest BCUT2D eigenvalue weighted by Gasteiger charge is -2.03. The first kappa shape index (κ1) is 14.5. The number of hydrogen-bond acceptors (Lipinski definition) is 3. The Morgan fingerprint density at radius 3 is 2.62 bits per heavy atom. The standard InChI is InChI=1S/C16H13F2NS2/c1-10-5-6-15-14(7-10)19-16(21-15)9-20-8-11-12(17)3-2-4-13(11)18/h2-7H,8-9H2,1H3. The Morgan fingerprint density at radius 1 is 1.10 bits per heavy atom. The van der Waals surface area contributed by atoms with Crippen molar-refractivity contribution in [1.82, 2.24) is 4.98 Å². The molecule has 0 fully saturated rings. The second-order valence-electron chi connectivity index (χ2n) is 4.77. The van der Waals surface area contributed by atoms with Gasteiger partial charge in [-0.25, -0.2) is 13.8 Å². The fraction of sp³-hybridized carbons (Fsp3) is 0.188. The molecule has 0 aliphatic carbocycles. The summed E-state index contributed by atoms with van der Waals surface area (Å²) in [6, 6.07) is 10.1. The zero-order valence-corrected chi connectivity index (χ0v) is 13.0. The summed E-state index contributed by atoms with van der Waals surface area (Å²) in [4.78, 5) is 4.56. The first-order valence-electron chi connectivity index (χ1n) is 6.50. The highest BCUT2D eigenvalue weighted by atomic mass is 32.2. The zero-order valence-electron chi connectivity index (χ0n) is 11.4. The lowest BCUT2D eigenvalue weighted by molar-refractivity contribution is 0.566. The molecule has 0 N–H and O–H groups in total. The molecule has 2 aromatic carbocycles. The van der Waals surface area contributed by atoms with Gasteiger partial charge < -0.3 is 0 Å². The largest absolute Gasteiger partial charge is 0.240 e. The molecule has 0 aliphatic rings. The molecule has 0 atom stereocenters. The zero-order chi connectivity index (χ0) is 14.8. The van der Waals surface area contributed by atoms with Gasteiger partial charge in [0.25, 0.3) is 0 Å². The van der Waals surface area contributed by atoms with Crippen molar-refractivity contribution in [2.75, 3.05) is 0 Å². The highest BCUT2D eigenvalue weighted by Gasteiger charge is 2.09. The summed E-state index contributed by atoms with van der Waals surface area (Å²) in [5.74, 6) is 0.00412. The molecule has 21 heavy (non-hydrogen) atoms. The normalized spacial score (nSPS) is 11.2. The van der Waals surface area contributed by atoms with Crippen LogP contribution in [0.15, 0.2) is 36.4 Å². The number of nitrogens with zero attached hydrogens (tertiary/aromatic N) is 1. The second-order valence-corrected chi connectivity index (χ2v) is 6.87. The van der Waals surface area contributed by atoms with E-state index in [4.69, 9.17) is 0 Å². The number of thiazole rings is 1. The molecule has 0 unspecified atom stereocenters. The number of aromatic nitrogens is 1. The van der Waals surface area contributed by atoms with Crippen molar-refractivity contribution in [3.8, 4) is 0 Å². The van der Waals surface area contributed by atoms with Crippen LogP contribution in [0.2, 0.25) is 0 Å². The van der Waals surface area contributed by atoms with Crippen LogP contribution in [0.1, 0.15) is 16.1 Å². The Balaban J connectivity index is 1.69. The Labute approximate surface area is 130 Å². The molecule has 0 radical (unpaired) electrons. The minimum absolute atomic E-state index is 0.138. The lowest BCUT2D eigenvalue weighted by Crippen LogP contribution is -1.93. The molecule has 0 aliphatic heterocycles. The van der Waals surface area contributed by atoms with Gasteiger partial charge >= 0.3 is 0 Å². The predicted molar refractivity (Wildman–Crippen MR) is 85.7 cm³/mol. The molecule has 0 saturated carbocycles. The first-order valence-corrected chi connectivity index (χ1v) is 8.47. The van der Waals surface area contributed by atoms with Gasteiger partial charge in [-0.15, -0.1) is 23.1 Å². The molecule has 1 heterocycles. The molecule has 5 heteroatoms. The van der Waals surface area contributed by atoms with Gasteiger partial charge in [0.1, 0.15) is 16.6 Å². The molecular formula is C16H13F2NS2. The predicted octanol–water partition coefficient (Wildman–Crippen LogP) is 5.32. The van der Waals surface area contributed by atoms with Crippen molar-refractivity contribution in [3.05, 3.63) is 64.2 Å². The molecular weight excluding hydrogens is 308 g/mol. The molecule has 0 saturated heterocycles. The number of halogens is 2. The molecule has 1 aromatic heterocycles. The fourth-order valence-electron chi connectivity index (χ4n) is 2.06. The highest BCUT2D eigenvalue weighted by Crippen LogP contribution is 2.28. The molecule has 1 nitrogen and oxygen atoms in total. The van der Waals surface area contributed by atoms with Crippen LogP contribution in [0.3, 0.4) is 0 Å². The topological polar surface area (TPSA) is 12.9 Å². The summed E-state index contributed by atoms with van der Waals surface area (Å²) in [6.07, 6.45) is 0. The van der Waals surface area contributed by atoms with Crippen molar-refractivity contribution in [3.63, 3.8) is 0 Å². The van der Waals surface area contributed by atoms with E-state index >= 15 is 0 Å². The minimum atomic E-state index is -0.484. The molecule has 0 amide bonds. The minimum Gasteiger partial charge on any atom is -0.240 e. The summed E-state index contributed by atoms with van der Waals surface area (Å²) in [5, 5.41) is 0.984. The van der Waals surface area contributed by atoms with E-state index in [1.807, 2.05) is 6.92 Å². The number of hydrogen-bond donors (Lipinski definition) is 0. The summed E-state index contributed by atoms with van der Waals surface area (Å²) < 4.78 is 28.2. The van der Waals surface area contributed by atoms with E-state index in [2.05, 4.69) is 23.2 Å². The summed E-state index contributed by atoms with van der Waals surface area (Å²) in [6.45, 7) is 2.04. The first-order chi connectivity index (χ1) is 10.1. The lowest BCUT2D eigenvalue weighted by atomic mass is 10.2. The van der Waals surface area contributed by atoms with E-state index in [0.717, 1.165) is 15.2 Å². The van der Waals surface area contributed by atoms with Gasteiger partial charge in [-0.05, 0) is 36.8 Å². The molecule has 0 spiro atoms. The SMILES string of the molecule is Cc1ccc2sc(CSCc3c(F)cccc3F)nc2c1. The van der Waals surface area contributed by atoms with Gasteiger partial charge in [-0.1, -0.05) is 12.1 Å². The Morgan fingerprint density at radius 2 is 1.86 bits per heavy atom. The van der Waals surface area contributed by atoms with E-state index < -0.39 is 11.6 Å². The maximum absolute atomic E-state index is 13.5. The fourth-order valence-corrected chi connectivity index (χ4v) is 4.11. The summed E-state index contributed by atoms with van der Waals surface area (Å²) >= 11 is 3.11. The average Bonchev–Trinajstić information content (AvgIpc) is 2.84. The smallest absolute Gasteiger partial charge is 0.130 e. The highest BCUT2D eigenvalue weighted by molar-refractivity contribution is 7.97. The van der Waals surface area contributed by atoms with Crippen LogP contribution in [-0.2, 0) is 11.5 Å². The van der Waals surface area contributed by atoms with Gasteiger partial charge in [-0.2, -0.15) is 0 Å². The quantitative estimate of drug-likeness (QED) is 0.645. The van der Waals surface area contributed by atoms with Gasteiger partial charge in [0, 0.05) is 17.1 Å². The van der Waals surface area contributed by atoms with Gasteiger partial charge in [0.15, 0.2) is 0 Å². The van der Waals surface area contributed by atoms with Crippen LogP contribution in [0.4, 0.5) is 8.78 Å².